The molecule has 0 bridgehead atoms. The second-order valence-corrected chi connectivity index (χ2v) is 6.31. The van der Waals surface area contributed by atoms with Crippen LogP contribution in [0.25, 0.3) is 0 Å². The molecule has 26 heavy (non-hydrogen) atoms. The molecule has 1 aliphatic heterocycles. The molecule has 1 heterocycles. The number of nitrogens with zero attached hydrogens (tertiary/aromatic N) is 2. The van der Waals surface area contributed by atoms with Gasteiger partial charge in [-0.15, -0.1) is 0 Å². The zero-order chi connectivity index (χ0) is 18.5. The summed E-state index contributed by atoms with van der Waals surface area (Å²) in [7, 11) is 5.80. The third-order valence-electron chi connectivity index (χ3n) is 4.10. The lowest BCUT2D eigenvalue weighted by molar-refractivity contribution is 0.260. The minimum atomic E-state index is -0.498. The summed E-state index contributed by atoms with van der Waals surface area (Å²) in [5.41, 5.74) is 3.01. The summed E-state index contributed by atoms with van der Waals surface area (Å²) in [6, 6.07) is 11.0. The monoisotopic (exact) mass is 357 g/mol. The van der Waals surface area contributed by atoms with E-state index in [9.17, 15) is 4.39 Å². The normalized spacial score (nSPS) is 15.3. The molecule has 0 aromatic heterocycles. The van der Waals surface area contributed by atoms with Crippen LogP contribution in [0.4, 0.5) is 21.5 Å². The molecule has 3 rings (SSSR count). The van der Waals surface area contributed by atoms with E-state index < -0.39 is 6.17 Å². The number of aliphatic imine (C=N–C) groups is 1. The van der Waals surface area contributed by atoms with Crippen LogP contribution in [0.15, 0.2) is 41.4 Å². The van der Waals surface area contributed by atoms with E-state index in [1.54, 1.807) is 12.4 Å². The topological polar surface area (TPSA) is 60.9 Å². The maximum atomic E-state index is 14.7. The van der Waals surface area contributed by atoms with Crippen molar-refractivity contribution in [2.24, 2.45) is 4.99 Å². The molecule has 2 aromatic rings. The van der Waals surface area contributed by atoms with Crippen LogP contribution in [0.2, 0.25) is 0 Å². The first-order chi connectivity index (χ1) is 12.6. The molecule has 0 spiro atoms. The van der Waals surface area contributed by atoms with Crippen molar-refractivity contribution in [3.63, 3.8) is 0 Å². The maximum absolute atomic E-state index is 14.7. The molecular formula is C19H24FN5O. The largest absolute Gasteiger partial charge is 0.492 e. The lowest BCUT2D eigenvalue weighted by Crippen LogP contribution is -2.20. The van der Waals surface area contributed by atoms with Crippen LogP contribution in [-0.2, 0) is 0 Å². The average Bonchev–Trinajstić information content (AvgIpc) is 2.62. The van der Waals surface area contributed by atoms with E-state index in [0.29, 0.717) is 23.6 Å². The first-order valence-corrected chi connectivity index (χ1v) is 8.50. The minimum Gasteiger partial charge on any atom is -0.492 e. The highest BCUT2D eigenvalue weighted by Crippen LogP contribution is 2.35. The van der Waals surface area contributed by atoms with Crippen LogP contribution in [0.3, 0.4) is 0 Å². The molecule has 138 valence electrons. The Labute approximate surface area is 153 Å². The van der Waals surface area contributed by atoms with Gasteiger partial charge in [0, 0.05) is 37.1 Å². The quantitative estimate of drug-likeness (QED) is 0.709. The fraction of sp³-hybridized carbons (Fsp3) is 0.316. The Morgan fingerprint density at radius 1 is 1.19 bits per heavy atom. The highest BCUT2D eigenvalue weighted by atomic mass is 19.1. The van der Waals surface area contributed by atoms with E-state index in [4.69, 9.17) is 4.74 Å². The van der Waals surface area contributed by atoms with Gasteiger partial charge in [0.15, 0.2) is 6.17 Å². The van der Waals surface area contributed by atoms with Crippen LogP contribution in [0, 0.1) is 5.82 Å². The summed E-state index contributed by atoms with van der Waals surface area (Å²) in [6.45, 7) is 1.26. The van der Waals surface area contributed by atoms with Crippen molar-refractivity contribution in [3.05, 3.63) is 47.8 Å². The van der Waals surface area contributed by atoms with E-state index in [1.807, 2.05) is 50.3 Å². The van der Waals surface area contributed by atoms with E-state index in [-0.39, 0.29) is 5.82 Å². The van der Waals surface area contributed by atoms with Crippen molar-refractivity contribution >= 4 is 23.4 Å². The highest BCUT2D eigenvalue weighted by molar-refractivity contribution is 5.82. The van der Waals surface area contributed by atoms with Gasteiger partial charge >= 0.3 is 0 Å². The number of hydrogen-bond donors (Lipinski definition) is 3. The Kier molecular flexibility index (Phi) is 5.58. The Bertz CT molecular complexity index is 776. The molecule has 2 aromatic carbocycles. The van der Waals surface area contributed by atoms with E-state index in [2.05, 4.69) is 20.9 Å². The summed E-state index contributed by atoms with van der Waals surface area (Å²) < 4.78 is 20.4. The number of fused-ring (bicyclic) bond motifs is 1. The predicted molar refractivity (Wildman–Crippen MR) is 105 cm³/mol. The molecule has 0 saturated heterocycles. The summed E-state index contributed by atoms with van der Waals surface area (Å²) in [5.74, 6) is 0.152. The highest BCUT2D eigenvalue weighted by Gasteiger charge is 2.23. The number of halogens is 1. The molecular weight excluding hydrogens is 333 g/mol. The van der Waals surface area contributed by atoms with Gasteiger partial charge in [0.2, 0.25) is 0 Å². The van der Waals surface area contributed by atoms with Crippen molar-refractivity contribution < 1.29 is 9.13 Å². The summed E-state index contributed by atoms with van der Waals surface area (Å²) in [4.78, 5) is 6.35. The van der Waals surface area contributed by atoms with Gasteiger partial charge in [-0.3, -0.25) is 0 Å². The van der Waals surface area contributed by atoms with Crippen LogP contribution >= 0.6 is 0 Å². The molecule has 0 saturated carbocycles. The van der Waals surface area contributed by atoms with Gasteiger partial charge in [-0.2, -0.15) is 0 Å². The summed E-state index contributed by atoms with van der Waals surface area (Å²) >= 11 is 0. The first kappa shape index (κ1) is 18.0. The lowest BCUT2D eigenvalue weighted by atomic mass is 10.1. The van der Waals surface area contributed by atoms with Crippen molar-refractivity contribution in [1.82, 2.24) is 4.90 Å². The number of likely N-dealkylation sites (N-methyl/N-ethyl adjacent to an activating group) is 1. The molecule has 0 amide bonds. The number of nitrogens with one attached hydrogen (secondary N) is 3. The third-order valence-corrected chi connectivity index (χ3v) is 4.10. The van der Waals surface area contributed by atoms with Gasteiger partial charge in [-0.05, 0) is 38.4 Å². The molecule has 0 radical (unpaired) electrons. The number of anilines is 3. The lowest BCUT2D eigenvalue weighted by Gasteiger charge is -2.24. The predicted octanol–water partition coefficient (Wildman–Crippen LogP) is 3.37. The third kappa shape index (κ3) is 4.23. The van der Waals surface area contributed by atoms with Gasteiger partial charge in [-0.25, -0.2) is 9.38 Å². The van der Waals surface area contributed by atoms with E-state index >= 15 is 0 Å². The molecule has 3 N–H and O–H groups in total. The summed E-state index contributed by atoms with van der Waals surface area (Å²) in [5, 5.41) is 9.33. The summed E-state index contributed by atoms with van der Waals surface area (Å²) in [6.07, 6.45) is 1.08. The number of ether oxygens (including phenoxy) is 1. The Balaban J connectivity index is 1.77. The zero-order valence-electron chi connectivity index (χ0n) is 15.2. The molecule has 6 nitrogen and oxygen atoms in total. The Morgan fingerprint density at radius 2 is 1.92 bits per heavy atom. The second kappa shape index (κ2) is 8.05. The van der Waals surface area contributed by atoms with Gasteiger partial charge in [0.1, 0.15) is 18.2 Å². The average molecular weight is 357 g/mol. The number of benzene rings is 2. The van der Waals surface area contributed by atoms with E-state index in [1.165, 1.54) is 6.07 Å². The van der Waals surface area contributed by atoms with Crippen molar-refractivity contribution in [2.75, 3.05) is 50.2 Å². The molecule has 0 fully saturated rings. The SMILES string of the molecule is CNc1ccc(NC2N=CNc3cc(OCCN(C)C)cc(F)c32)cc1. The smallest absolute Gasteiger partial charge is 0.151 e. The molecule has 1 atom stereocenters. The van der Waals surface area contributed by atoms with Crippen LogP contribution in [0.5, 0.6) is 5.75 Å². The van der Waals surface area contributed by atoms with Crippen LogP contribution in [-0.4, -0.2) is 45.5 Å². The minimum absolute atomic E-state index is 0.351. The molecule has 7 heteroatoms. The van der Waals surface area contributed by atoms with Crippen molar-refractivity contribution in [3.8, 4) is 5.75 Å². The molecule has 1 aliphatic rings. The van der Waals surface area contributed by atoms with Crippen molar-refractivity contribution in [2.45, 2.75) is 6.17 Å². The van der Waals surface area contributed by atoms with Gasteiger partial charge in [0.05, 0.1) is 17.6 Å². The number of hydrogen-bond acceptors (Lipinski definition) is 6. The standard InChI is InChI=1S/C19H24FN5O/c1-21-13-4-6-14(7-5-13)24-19-18-16(20)10-15(26-9-8-25(2)3)11-17(18)22-12-23-19/h4-7,10-12,19,21,24H,8-9H2,1-3H3,(H,22,23). The Hall–Kier alpha value is -2.80. The van der Waals surface area contributed by atoms with Gasteiger partial charge < -0.3 is 25.6 Å². The van der Waals surface area contributed by atoms with Crippen molar-refractivity contribution in [1.29, 1.82) is 0 Å². The van der Waals surface area contributed by atoms with Gasteiger partial charge in [-0.1, -0.05) is 0 Å². The van der Waals surface area contributed by atoms with Crippen LogP contribution in [0.1, 0.15) is 11.7 Å². The molecule has 1 unspecified atom stereocenters. The van der Waals surface area contributed by atoms with E-state index in [0.717, 1.165) is 17.9 Å². The van der Waals surface area contributed by atoms with Crippen LogP contribution < -0.4 is 20.7 Å². The zero-order valence-corrected chi connectivity index (χ0v) is 15.2. The molecule has 0 aliphatic carbocycles. The maximum Gasteiger partial charge on any atom is 0.151 e. The number of rotatable bonds is 7. The Morgan fingerprint density at radius 3 is 2.62 bits per heavy atom. The van der Waals surface area contributed by atoms with Gasteiger partial charge in [0.25, 0.3) is 0 Å². The fourth-order valence-electron chi connectivity index (χ4n) is 2.68. The second-order valence-electron chi connectivity index (χ2n) is 6.31. The first-order valence-electron chi connectivity index (χ1n) is 8.50. The fourth-order valence-corrected chi connectivity index (χ4v) is 2.68.